The molecule has 0 aliphatic carbocycles. The van der Waals surface area contributed by atoms with Gasteiger partial charge in [0.1, 0.15) is 5.82 Å². The summed E-state index contributed by atoms with van der Waals surface area (Å²) in [6.07, 6.45) is 0. The summed E-state index contributed by atoms with van der Waals surface area (Å²) in [5.74, 6) is -0.305. The number of amides is 1. The van der Waals surface area contributed by atoms with Crippen LogP contribution in [-0.4, -0.2) is 24.0 Å². The first-order valence-corrected chi connectivity index (χ1v) is 6.73. The minimum atomic E-state index is -0.257. The fraction of sp³-hybridized carbons (Fsp3) is 0.231. The van der Waals surface area contributed by atoms with E-state index in [-0.39, 0.29) is 11.7 Å². The first-order chi connectivity index (χ1) is 9.15. The number of hydrogen-bond acceptors (Lipinski definition) is 4. The number of aromatic nitrogens is 1. The van der Waals surface area contributed by atoms with E-state index in [1.807, 2.05) is 5.38 Å². The molecule has 0 atom stereocenters. The van der Waals surface area contributed by atoms with Crippen LogP contribution in [0.15, 0.2) is 29.6 Å². The highest BCUT2D eigenvalue weighted by atomic mass is 32.1. The zero-order valence-electron chi connectivity index (χ0n) is 10.4. The first-order valence-electron chi connectivity index (χ1n) is 5.85. The molecule has 1 aromatic carbocycles. The Balaban J connectivity index is 1.91. The number of thiazole rings is 1. The van der Waals surface area contributed by atoms with Gasteiger partial charge in [-0.3, -0.25) is 4.79 Å². The van der Waals surface area contributed by atoms with Crippen LogP contribution >= 0.6 is 11.3 Å². The van der Waals surface area contributed by atoms with E-state index in [9.17, 15) is 9.18 Å². The number of hydrogen-bond donors (Lipinski definition) is 2. The van der Waals surface area contributed by atoms with Gasteiger partial charge in [-0.05, 0) is 24.3 Å². The van der Waals surface area contributed by atoms with Crippen molar-refractivity contribution in [3.63, 3.8) is 0 Å². The van der Waals surface area contributed by atoms with E-state index >= 15 is 0 Å². The molecule has 2 N–H and O–H groups in total. The molecule has 1 heterocycles. The molecule has 0 saturated carbocycles. The van der Waals surface area contributed by atoms with Crippen LogP contribution in [0, 0.1) is 5.82 Å². The van der Waals surface area contributed by atoms with Gasteiger partial charge in [-0.25, -0.2) is 9.37 Å². The van der Waals surface area contributed by atoms with Crippen molar-refractivity contribution in [3.8, 4) is 11.3 Å². The van der Waals surface area contributed by atoms with Crippen molar-refractivity contribution in [2.45, 2.75) is 6.92 Å². The van der Waals surface area contributed by atoms with Crippen molar-refractivity contribution in [1.82, 2.24) is 10.3 Å². The maximum Gasteiger partial charge on any atom is 0.216 e. The summed E-state index contributed by atoms with van der Waals surface area (Å²) in [5.41, 5.74) is 1.69. The largest absolute Gasteiger partial charge is 0.360 e. The standard InChI is InChI=1S/C13H14FN3OS/c1-9(18)15-6-7-16-13-17-12(8-19-13)10-2-4-11(14)5-3-10/h2-5,8H,6-7H2,1H3,(H,15,18)(H,16,17). The normalized spacial score (nSPS) is 10.2. The maximum atomic E-state index is 12.8. The van der Waals surface area contributed by atoms with Crippen LogP contribution in [0.4, 0.5) is 9.52 Å². The summed E-state index contributed by atoms with van der Waals surface area (Å²) < 4.78 is 12.8. The molecule has 1 amide bonds. The topological polar surface area (TPSA) is 54.0 Å². The SMILES string of the molecule is CC(=O)NCCNc1nc(-c2ccc(F)cc2)cs1. The summed E-state index contributed by atoms with van der Waals surface area (Å²) >= 11 is 1.48. The highest BCUT2D eigenvalue weighted by Gasteiger charge is 2.04. The molecule has 4 nitrogen and oxygen atoms in total. The molecule has 6 heteroatoms. The third-order valence-corrected chi connectivity index (χ3v) is 3.22. The molecule has 2 aromatic rings. The second kappa shape index (κ2) is 6.29. The third kappa shape index (κ3) is 4.03. The minimum absolute atomic E-state index is 0.0482. The van der Waals surface area contributed by atoms with Crippen molar-refractivity contribution in [3.05, 3.63) is 35.5 Å². The second-order valence-corrected chi connectivity index (χ2v) is 4.81. The number of benzene rings is 1. The molecule has 0 spiro atoms. The average molecular weight is 279 g/mol. The van der Waals surface area contributed by atoms with Gasteiger partial charge >= 0.3 is 0 Å². The van der Waals surface area contributed by atoms with Crippen LogP contribution in [0.3, 0.4) is 0 Å². The molecule has 1 aromatic heterocycles. The fourth-order valence-electron chi connectivity index (χ4n) is 1.52. The number of carbonyl (C=O) groups is 1. The number of nitrogens with zero attached hydrogens (tertiary/aromatic N) is 1. The monoisotopic (exact) mass is 279 g/mol. The Morgan fingerprint density at radius 1 is 1.32 bits per heavy atom. The fourth-order valence-corrected chi connectivity index (χ4v) is 2.26. The molecule has 2 rings (SSSR count). The Kier molecular flexibility index (Phi) is 4.46. The average Bonchev–Trinajstić information content (AvgIpc) is 2.84. The van der Waals surface area contributed by atoms with Crippen LogP contribution in [0.1, 0.15) is 6.92 Å². The molecule has 19 heavy (non-hydrogen) atoms. The van der Waals surface area contributed by atoms with E-state index in [1.54, 1.807) is 12.1 Å². The Morgan fingerprint density at radius 3 is 2.74 bits per heavy atom. The molecule has 0 aliphatic rings. The second-order valence-electron chi connectivity index (χ2n) is 3.95. The van der Waals surface area contributed by atoms with E-state index in [0.29, 0.717) is 13.1 Å². The zero-order chi connectivity index (χ0) is 13.7. The van der Waals surface area contributed by atoms with Gasteiger partial charge in [0.25, 0.3) is 0 Å². The minimum Gasteiger partial charge on any atom is -0.360 e. The van der Waals surface area contributed by atoms with Gasteiger partial charge in [-0.15, -0.1) is 11.3 Å². The number of rotatable bonds is 5. The summed E-state index contributed by atoms with van der Waals surface area (Å²) in [7, 11) is 0. The quantitative estimate of drug-likeness (QED) is 0.827. The van der Waals surface area contributed by atoms with Crippen molar-refractivity contribution >= 4 is 22.4 Å². The molecule has 0 radical (unpaired) electrons. The van der Waals surface area contributed by atoms with Crippen molar-refractivity contribution in [2.75, 3.05) is 18.4 Å². The summed E-state index contributed by atoms with van der Waals surface area (Å²) in [6, 6.07) is 6.23. The highest BCUT2D eigenvalue weighted by Crippen LogP contribution is 2.24. The van der Waals surface area contributed by atoms with Crippen molar-refractivity contribution in [1.29, 1.82) is 0 Å². The molecular formula is C13H14FN3OS. The Bertz CT molecular complexity index is 553. The maximum absolute atomic E-state index is 12.8. The van der Waals surface area contributed by atoms with Gasteiger partial charge in [0, 0.05) is 31.0 Å². The first kappa shape index (κ1) is 13.5. The number of anilines is 1. The lowest BCUT2D eigenvalue weighted by Crippen LogP contribution is -2.26. The molecule has 0 unspecified atom stereocenters. The van der Waals surface area contributed by atoms with Crippen molar-refractivity contribution in [2.24, 2.45) is 0 Å². The van der Waals surface area contributed by atoms with E-state index < -0.39 is 0 Å². The predicted octanol–water partition coefficient (Wildman–Crippen LogP) is 2.50. The Morgan fingerprint density at radius 2 is 2.05 bits per heavy atom. The van der Waals surface area contributed by atoms with Gasteiger partial charge in [-0.1, -0.05) is 0 Å². The lowest BCUT2D eigenvalue weighted by Gasteiger charge is -2.02. The molecule has 0 fully saturated rings. The summed E-state index contributed by atoms with van der Waals surface area (Å²) in [5, 5.41) is 8.51. The smallest absolute Gasteiger partial charge is 0.216 e. The van der Waals surface area contributed by atoms with Gasteiger partial charge in [0.15, 0.2) is 5.13 Å². The molecule has 0 aliphatic heterocycles. The van der Waals surface area contributed by atoms with Crippen LogP contribution < -0.4 is 10.6 Å². The highest BCUT2D eigenvalue weighted by molar-refractivity contribution is 7.14. The lowest BCUT2D eigenvalue weighted by molar-refractivity contribution is -0.118. The molecular weight excluding hydrogens is 265 g/mol. The lowest BCUT2D eigenvalue weighted by atomic mass is 10.2. The van der Waals surface area contributed by atoms with Crippen LogP contribution in [0.2, 0.25) is 0 Å². The predicted molar refractivity (Wildman–Crippen MR) is 74.7 cm³/mol. The van der Waals surface area contributed by atoms with E-state index in [1.165, 1.54) is 30.4 Å². The number of halogens is 1. The van der Waals surface area contributed by atoms with Crippen LogP contribution in [0.25, 0.3) is 11.3 Å². The van der Waals surface area contributed by atoms with Gasteiger partial charge in [0.2, 0.25) is 5.91 Å². The molecule has 0 bridgehead atoms. The van der Waals surface area contributed by atoms with Crippen LogP contribution in [0.5, 0.6) is 0 Å². The molecule has 0 saturated heterocycles. The van der Waals surface area contributed by atoms with E-state index in [2.05, 4.69) is 15.6 Å². The molecule has 100 valence electrons. The van der Waals surface area contributed by atoms with E-state index in [0.717, 1.165) is 16.4 Å². The zero-order valence-corrected chi connectivity index (χ0v) is 11.3. The van der Waals surface area contributed by atoms with Crippen molar-refractivity contribution < 1.29 is 9.18 Å². The summed E-state index contributed by atoms with van der Waals surface area (Å²) in [6.45, 7) is 2.66. The third-order valence-electron chi connectivity index (χ3n) is 2.42. The van der Waals surface area contributed by atoms with Gasteiger partial charge in [-0.2, -0.15) is 0 Å². The number of carbonyl (C=O) groups excluding carboxylic acids is 1. The van der Waals surface area contributed by atoms with E-state index in [4.69, 9.17) is 0 Å². The van der Waals surface area contributed by atoms with Crippen LogP contribution in [-0.2, 0) is 4.79 Å². The summed E-state index contributed by atoms with van der Waals surface area (Å²) in [4.78, 5) is 15.1. The Labute approximate surface area is 114 Å². The Hall–Kier alpha value is -1.95. The van der Waals surface area contributed by atoms with Gasteiger partial charge < -0.3 is 10.6 Å². The van der Waals surface area contributed by atoms with Gasteiger partial charge in [0.05, 0.1) is 5.69 Å². The number of nitrogens with one attached hydrogen (secondary N) is 2.